The Balaban J connectivity index is 2.78. The van der Waals surface area contributed by atoms with Gasteiger partial charge in [-0.05, 0) is 6.07 Å². The average Bonchev–Trinajstić information content (AvgIpc) is 2.24. The highest BCUT2D eigenvalue weighted by Gasteiger charge is 2.24. The second-order valence-corrected chi connectivity index (χ2v) is 6.00. The number of hydrogen-bond acceptors (Lipinski definition) is 3. The monoisotopic (exact) mass is 303 g/mol. The number of phenols is 1. The maximum absolute atomic E-state index is 11.7. The van der Waals surface area contributed by atoms with Gasteiger partial charge < -0.3 is 10.4 Å². The van der Waals surface area contributed by atoms with Gasteiger partial charge in [0.05, 0.1) is 22.2 Å². The molecule has 2 N–H and O–H groups in total. The van der Waals surface area contributed by atoms with Crippen molar-refractivity contribution in [1.29, 1.82) is 0 Å². The van der Waals surface area contributed by atoms with E-state index in [0.717, 1.165) is 0 Å². The van der Waals surface area contributed by atoms with Crippen LogP contribution in [0, 0.1) is 5.41 Å². The predicted octanol–water partition coefficient (Wildman–Crippen LogP) is 3.64. The molecule has 0 atom stereocenters. The smallest absolute Gasteiger partial charge is 0.231 e. The zero-order chi connectivity index (χ0) is 14.8. The number of hydrogen-bond donors (Lipinski definition) is 2. The molecule has 0 bridgehead atoms. The Kier molecular flexibility index (Phi) is 4.82. The first-order chi connectivity index (χ1) is 8.61. The Hall–Kier alpha value is -1.26. The molecule has 0 fully saturated rings. The standard InChI is InChI=1S/C13H15Cl2NO3/c1-13(2,3)11(18)6-12(19)16-9-4-7(14)8(15)5-10(9)17/h4-5,17H,6H2,1-3H3,(H,16,19). The third kappa shape index (κ3) is 4.40. The van der Waals surface area contributed by atoms with Crippen LogP contribution in [0.4, 0.5) is 5.69 Å². The van der Waals surface area contributed by atoms with E-state index >= 15 is 0 Å². The van der Waals surface area contributed by atoms with Gasteiger partial charge in [-0.3, -0.25) is 9.59 Å². The van der Waals surface area contributed by atoms with E-state index in [1.54, 1.807) is 20.8 Å². The molecular formula is C13H15Cl2NO3. The van der Waals surface area contributed by atoms with Crippen LogP contribution in [-0.2, 0) is 9.59 Å². The molecule has 0 aliphatic rings. The maximum atomic E-state index is 11.7. The summed E-state index contributed by atoms with van der Waals surface area (Å²) in [5.74, 6) is -0.899. The fourth-order valence-electron chi connectivity index (χ4n) is 1.24. The van der Waals surface area contributed by atoms with Crippen molar-refractivity contribution in [2.45, 2.75) is 27.2 Å². The van der Waals surface area contributed by atoms with E-state index in [0.29, 0.717) is 0 Å². The summed E-state index contributed by atoms with van der Waals surface area (Å²) in [7, 11) is 0. The number of carbonyl (C=O) groups is 2. The van der Waals surface area contributed by atoms with Crippen molar-refractivity contribution in [3.05, 3.63) is 22.2 Å². The number of amides is 1. The molecule has 0 aromatic heterocycles. The van der Waals surface area contributed by atoms with Gasteiger partial charge in [-0.2, -0.15) is 0 Å². The number of phenolic OH excluding ortho intramolecular Hbond substituents is 1. The van der Waals surface area contributed by atoms with Crippen molar-refractivity contribution in [2.24, 2.45) is 5.41 Å². The van der Waals surface area contributed by atoms with Crippen LogP contribution < -0.4 is 5.32 Å². The first-order valence-corrected chi connectivity index (χ1v) is 6.38. The fourth-order valence-corrected chi connectivity index (χ4v) is 1.56. The predicted molar refractivity (Wildman–Crippen MR) is 75.8 cm³/mol. The summed E-state index contributed by atoms with van der Waals surface area (Å²) in [6, 6.07) is 2.56. The highest BCUT2D eigenvalue weighted by atomic mass is 35.5. The lowest BCUT2D eigenvalue weighted by atomic mass is 9.89. The van der Waals surface area contributed by atoms with Crippen molar-refractivity contribution < 1.29 is 14.7 Å². The van der Waals surface area contributed by atoms with Crippen molar-refractivity contribution >= 4 is 40.6 Å². The summed E-state index contributed by atoms with van der Waals surface area (Å²) in [6.07, 6.45) is -0.261. The third-order valence-corrected chi connectivity index (χ3v) is 3.19. The normalized spacial score (nSPS) is 11.2. The van der Waals surface area contributed by atoms with Gasteiger partial charge in [-0.1, -0.05) is 44.0 Å². The lowest BCUT2D eigenvalue weighted by molar-refractivity contribution is -0.130. The van der Waals surface area contributed by atoms with Crippen LogP contribution in [0.3, 0.4) is 0 Å². The Morgan fingerprint density at radius 1 is 1.21 bits per heavy atom. The molecule has 0 unspecified atom stereocenters. The molecule has 1 rings (SSSR count). The number of Topliss-reactive ketones (excluding diaryl/α,β-unsaturated/α-hetero) is 1. The van der Waals surface area contributed by atoms with E-state index in [1.165, 1.54) is 12.1 Å². The number of benzene rings is 1. The zero-order valence-electron chi connectivity index (χ0n) is 10.9. The molecule has 0 radical (unpaired) electrons. The largest absolute Gasteiger partial charge is 0.506 e. The minimum Gasteiger partial charge on any atom is -0.506 e. The van der Waals surface area contributed by atoms with Crippen LogP contribution >= 0.6 is 23.2 Å². The van der Waals surface area contributed by atoms with E-state index in [1.807, 2.05) is 0 Å². The van der Waals surface area contributed by atoms with Crippen molar-refractivity contribution in [3.8, 4) is 5.75 Å². The molecular weight excluding hydrogens is 289 g/mol. The van der Waals surface area contributed by atoms with Crippen LogP contribution in [0.1, 0.15) is 27.2 Å². The molecule has 0 heterocycles. The average molecular weight is 304 g/mol. The number of anilines is 1. The van der Waals surface area contributed by atoms with Gasteiger partial charge in [0.1, 0.15) is 11.5 Å². The van der Waals surface area contributed by atoms with E-state index in [9.17, 15) is 14.7 Å². The summed E-state index contributed by atoms with van der Waals surface area (Å²) in [4.78, 5) is 23.4. The third-order valence-electron chi connectivity index (χ3n) is 2.47. The lowest BCUT2D eigenvalue weighted by Crippen LogP contribution is -2.26. The van der Waals surface area contributed by atoms with Crippen LogP contribution in [-0.4, -0.2) is 16.8 Å². The summed E-state index contributed by atoms with van der Waals surface area (Å²) in [5, 5.41) is 12.4. The van der Waals surface area contributed by atoms with Crippen LogP contribution in [0.5, 0.6) is 5.75 Å². The SMILES string of the molecule is CC(C)(C)C(=O)CC(=O)Nc1cc(Cl)c(Cl)cc1O. The second kappa shape index (κ2) is 5.80. The molecule has 0 saturated carbocycles. The minimum atomic E-state index is -0.586. The molecule has 4 nitrogen and oxygen atoms in total. The molecule has 0 aliphatic heterocycles. The highest BCUT2D eigenvalue weighted by molar-refractivity contribution is 6.42. The number of aromatic hydroxyl groups is 1. The van der Waals surface area contributed by atoms with Gasteiger partial charge in [0.15, 0.2) is 0 Å². The molecule has 1 amide bonds. The Morgan fingerprint density at radius 2 is 1.74 bits per heavy atom. The first kappa shape index (κ1) is 15.8. The highest BCUT2D eigenvalue weighted by Crippen LogP contribution is 2.33. The summed E-state index contributed by atoms with van der Waals surface area (Å²) >= 11 is 11.5. The van der Waals surface area contributed by atoms with E-state index in [4.69, 9.17) is 23.2 Å². The van der Waals surface area contributed by atoms with Gasteiger partial charge >= 0.3 is 0 Å². The molecule has 1 aromatic rings. The van der Waals surface area contributed by atoms with Crippen LogP contribution in [0.15, 0.2) is 12.1 Å². The van der Waals surface area contributed by atoms with Crippen LogP contribution in [0.2, 0.25) is 10.0 Å². The fraction of sp³-hybridized carbons (Fsp3) is 0.385. The molecule has 19 heavy (non-hydrogen) atoms. The Morgan fingerprint density at radius 3 is 2.26 bits per heavy atom. The molecule has 6 heteroatoms. The van der Waals surface area contributed by atoms with Gasteiger partial charge in [-0.25, -0.2) is 0 Å². The molecule has 1 aromatic carbocycles. The molecule has 0 spiro atoms. The van der Waals surface area contributed by atoms with Crippen molar-refractivity contribution in [2.75, 3.05) is 5.32 Å². The van der Waals surface area contributed by atoms with Gasteiger partial charge in [0.25, 0.3) is 0 Å². The molecule has 104 valence electrons. The summed E-state index contributed by atoms with van der Waals surface area (Å²) < 4.78 is 0. The summed E-state index contributed by atoms with van der Waals surface area (Å²) in [5.41, 5.74) is -0.460. The van der Waals surface area contributed by atoms with E-state index in [2.05, 4.69) is 5.32 Å². The lowest BCUT2D eigenvalue weighted by Gasteiger charge is -2.16. The zero-order valence-corrected chi connectivity index (χ0v) is 12.4. The van der Waals surface area contributed by atoms with E-state index in [-0.39, 0.29) is 33.7 Å². The minimum absolute atomic E-state index is 0.126. The first-order valence-electron chi connectivity index (χ1n) is 5.62. The van der Waals surface area contributed by atoms with E-state index < -0.39 is 11.3 Å². The number of rotatable bonds is 3. The topological polar surface area (TPSA) is 66.4 Å². The van der Waals surface area contributed by atoms with Gasteiger partial charge in [0, 0.05) is 11.5 Å². The number of halogens is 2. The van der Waals surface area contributed by atoms with Crippen molar-refractivity contribution in [3.63, 3.8) is 0 Å². The molecule has 0 saturated heterocycles. The van der Waals surface area contributed by atoms with Gasteiger partial charge in [-0.15, -0.1) is 0 Å². The summed E-state index contributed by atoms with van der Waals surface area (Å²) in [6.45, 7) is 5.21. The maximum Gasteiger partial charge on any atom is 0.231 e. The van der Waals surface area contributed by atoms with Crippen molar-refractivity contribution in [1.82, 2.24) is 0 Å². The number of nitrogens with one attached hydrogen (secondary N) is 1. The van der Waals surface area contributed by atoms with Crippen LogP contribution in [0.25, 0.3) is 0 Å². The molecule has 0 aliphatic carbocycles. The Labute approximate surface area is 121 Å². The Bertz CT molecular complexity index is 521. The number of carbonyl (C=O) groups excluding carboxylic acids is 2. The quantitative estimate of drug-likeness (QED) is 0.662. The second-order valence-electron chi connectivity index (χ2n) is 5.18. The van der Waals surface area contributed by atoms with Gasteiger partial charge in [0.2, 0.25) is 5.91 Å². The number of ketones is 1.